The molecule has 6 nitrogen and oxygen atoms in total. The summed E-state index contributed by atoms with van der Waals surface area (Å²) >= 11 is 0. The van der Waals surface area contributed by atoms with E-state index in [0.29, 0.717) is 27.7 Å². The lowest BCUT2D eigenvalue weighted by molar-refractivity contribution is -0.141. The van der Waals surface area contributed by atoms with Gasteiger partial charge in [-0.3, -0.25) is 4.79 Å². The van der Waals surface area contributed by atoms with E-state index in [4.69, 9.17) is 14.6 Å². The minimum Gasteiger partial charge on any atom is -0.493 e. The Balaban J connectivity index is 1.78. The van der Waals surface area contributed by atoms with E-state index >= 15 is 0 Å². The van der Waals surface area contributed by atoms with E-state index in [1.807, 2.05) is 0 Å². The summed E-state index contributed by atoms with van der Waals surface area (Å²) in [4.78, 5) is 24.5. The van der Waals surface area contributed by atoms with Gasteiger partial charge in [0.25, 0.3) is 5.91 Å². The number of aromatic carboxylic acids is 1. The van der Waals surface area contributed by atoms with Crippen LogP contribution in [0.5, 0.6) is 17.2 Å². The number of hydrogen-bond acceptors (Lipinski definition) is 4. The van der Waals surface area contributed by atoms with Crippen molar-refractivity contribution in [2.45, 2.75) is 12.7 Å². The first-order chi connectivity index (χ1) is 15.7. The Morgan fingerprint density at radius 1 is 0.879 bits per heavy atom. The molecule has 0 aromatic heterocycles. The largest absolute Gasteiger partial charge is 0.493 e. The number of halogens is 3. The lowest BCUT2D eigenvalue weighted by Crippen LogP contribution is -2.38. The van der Waals surface area contributed by atoms with E-state index in [2.05, 4.69) is 0 Å². The van der Waals surface area contributed by atoms with Crippen LogP contribution in [0.15, 0.2) is 72.8 Å². The number of hydrogen-bond donors (Lipinski definition) is 1. The fourth-order valence-electron chi connectivity index (χ4n) is 3.07. The molecular formula is C24H20F3NO5. The van der Waals surface area contributed by atoms with Gasteiger partial charge in [0.1, 0.15) is 12.3 Å². The van der Waals surface area contributed by atoms with Crippen molar-refractivity contribution in [1.29, 1.82) is 0 Å². The van der Waals surface area contributed by atoms with E-state index in [9.17, 15) is 22.8 Å². The molecule has 3 aromatic carbocycles. The number of carboxylic acid groups (broad SMARTS) is 1. The van der Waals surface area contributed by atoms with Gasteiger partial charge >= 0.3 is 12.1 Å². The van der Waals surface area contributed by atoms with E-state index in [0.717, 1.165) is 0 Å². The van der Waals surface area contributed by atoms with Crippen molar-refractivity contribution in [1.82, 2.24) is 4.90 Å². The molecule has 0 heterocycles. The maximum atomic E-state index is 13.1. The second-order valence-corrected chi connectivity index (χ2v) is 7.06. The number of carbonyl (C=O) groups excluding carboxylic acids is 1. The molecule has 0 fully saturated rings. The maximum Gasteiger partial charge on any atom is 0.406 e. The molecule has 3 rings (SSSR count). The fourth-order valence-corrected chi connectivity index (χ4v) is 3.07. The zero-order valence-corrected chi connectivity index (χ0v) is 17.5. The van der Waals surface area contributed by atoms with Crippen molar-refractivity contribution in [2.24, 2.45) is 0 Å². The van der Waals surface area contributed by atoms with Crippen LogP contribution in [0.25, 0.3) is 0 Å². The molecule has 0 spiro atoms. The summed E-state index contributed by atoms with van der Waals surface area (Å²) in [5.74, 6) is -0.646. The van der Waals surface area contributed by atoms with Crippen LogP contribution in [-0.2, 0) is 6.54 Å². The molecule has 0 aliphatic rings. The van der Waals surface area contributed by atoms with Gasteiger partial charge < -0.3 is 19.5 Å². The first kappa shape index (κ1) is 23.6. The SMILES string of the molecule is COc1ccccc1Oc1ccc(C(=O)N(Cc2ccc(C(=O)O)cc2)CC(F)(F)F)cc1. The highest BCUT2D eigenvalue weighted by Gasteiger charge is 2.33. The van der Waals surface area contributed by atoms with Gasteiger partial charge in [-0.15, -0.1) is 0 Å². The van der Waals surface area contributed by atoms with Crippen LogP contribution >= 0.6 is 0 Å². The van der Waals surface area contributed by atoms with Crippen molar-refractivity contribution in [3.63, 3.8) is 0 Å². The van der Waals surface area contributed by atoms with Gasteiger partial charge in [0, 0.05) is 12.1 Å². The maximum absolute atomic E-state index is 13.1. The van der Waals surface area contributed by atoms with Gasteiger partial charge in [0.05, 0.1) is 12.7 Å². The average Bonchev–Trinajstić information content (AvgIpc) is 2.78. The molecule has 172 valence electrons. The highest BCUT2D eigenvalue weighted by molar-refractivity contribution is 5.94. The van der Waals surface area contributed by atoms with Crippen LogP contribution in [0, 0.1) is 0 Å². The first-order valence-corrected chi connectivity index (χ1v) is 9.75. The Hall–Kier alpha value is -4.01. The predicted molar refractivity (Wildman–Crippen MR) is 114 cm³/mol. The monoisotopic (exact) mass is 459 g/mol. The standard InChI is InChI=1S/C24H20F3NO5/c1-32-20-4-2-3-5-21(20)33-19-12-10-17(11-13-19)22(29)28(15-24(25,26)27)14-16-6-8-18(9-7-16)23(30)31/h2-13H,14-15H2,1H3,(H,30,31). The minimum absolute atomic E-state index is 0.00177. The summed E-state index contributed by atoms with van der Waals surface area (Å²) < 4.78 is 50.3. The number of para-hydroxylation sites is 2. The molecule has 0 aliphatic carbocycles. The Bertz CT molecular complexity index is 1110. The summed E-state index contributed by atoms with van der Waals surface area (Å²) in [5.41, 5.74) is 0.417. The fraction of sp³-hybridized carbons (Fsp3) is 0.167. The van der Waals surface area contributed by atoms with Crippen LogP contribution in [0.2, 0.25) is 0 Å². The normalized spacial score (nSPS) is 11.0. The highest BCUT2D eigenvalue weighted by atomic mass is 19.4. The van der Waals surface area contributed by atoms with Crippen molar-refractivity contribution < 1.29 is 37.3 Å². The molecular weight excluding hydrogens is 439 g/mol. The number of rotatable bonds is 8. The van der Waals surface area contributed by atoms with Crippen LogP contribution in [-0.4, -0.2) is 41.7 Å². The van der Waals surface area contributed by atoms with Crippen molar-refractivity contribution in [2.75, 3.05) is 13.7 Å². The van der Waals surface area contributed by atoms with Crippen molar-refractivity contribution in [3.8, 4) is 17.2 Å². The van der Waals surface area contributed by atoms with E-state index in [1.165, 1.54) is 55.6 Å². The lowest BCUT2D eigenvalue weighted by Gasteiger charge is -2.24. The lowest BCUT2D eigenvalue weighted by atomic mass is 10.1. The number of ether oxygens (including phenoxy) is 2. The van der Waals surface area contributed by atoms with Crippen molar-refractivity contribution in [3.05, 3.63) is 89.5 Å². The van der Waals surface area contributed by atoms with Crippen molar-refractivity contribution >= 4 is 11.9 Å². The molecule has 0 saturated heterocycles. The minimum atomic E-state index is -4.61. The summed E-state index contributed by atoms with van der Waals surface area (Å²) in [7, 11) is 1.49. The number of benzene rings is 3. The van der Waals surface area contributed by atoms with Gasteiger partial charge in [0.15, 0.2) is 11.5 Å². The zero-order chi connectivity index (χ0) is 24.0. The molecule has 3 aromatic rings. The predicted octanol–water partition coefficient (Wildman–Crippen LogP) is 5.39. The third-order valence-corrected chi connectivity index (χ3v) is 4.63. The van der Waals surface area contributed by atoms with Gasteiger partial charge in [-0.25, -0.2) is 4.79 Å². The van der Waals surface area contributed by atoms with Gasteiger partial charge in [-0.1, -0.05) is 24.3 Å². The topological polar surface area (TPSA) is 76.1 Å². The number of carboxylic acids is 1. The molecule has 9 heteroatoms. The quantitative estimate of drug-likeness (QED) is 0.489. The van der Waals surface area contributed by atoms with Crippen LogP contribution < -0.4 is 9.47 Å². The first-order valence-electron chi connectivity index (χ1n) is 9.75. The molecule has 0 atom stereocenters. The van der Waals surface area contributed by atoms with Crippen LogP contribution in [0.1, 0.15) is 26.3 Å². The summed E-state index contributed by atoms with van der Waals surface area (Å²) in [6.45, 7) is -1.79. The summed E-state index contributed by atoms with van der Waals surface area (Å²) in [5, 5.41) is 8.96. The zero-order valence-electron chi connectivity index (χ0n) is 17.5. The van der Waals surface area contributed by atoms with Gasteiger partial charge in [-0.05, 0) is 54.1 Å². The molecule has 0 saturated carbocycles. The second-order valence-electron chi connectivity index (χ2n) is 7.06. The molecule has 0 aliphatic heterocycles. The number of nitrogens with zero attached hydrogens (tertiary/aromatic N) is 1. The highest BCUT2D eigenvalue weighted by Crippen LogP contribution is 2.31. The molecule has 1 amide bonds. The molecule has 0 bridgehead atoms. The van der Waals surface area contributed by atoms with Gasteiger partial charge in [-0.2, -0.15) is 13.2 Å². The third kappa shape index (κ3) is 6.49. The Morgan fingerprint density at radius 3 is 2.00 bits per heavy atom. The Kier molecular flexibility index (Phi) is 7.22. The molecule has 0 radical (unpaired) electrons. The van der Waals surface area contributed by atoms with Crippen LogP contribution in [0.4, 0.5) is 13.2 Å². The summed E-state index contributed by atoms with van der Waals surface area (Å²) in [6.07, 6.45) is -4.61. The smallest absolute Gasteiger partial charge is 0.406 e. The third-order valence-electron chi connectivity index (χ3n) is 4.63. The van der Waals surface area contributed by atoms with Crippen LogP contribution in [0.3, 0.4) is 0 Å². The Morgan fingerprint density at radius 2 is 1.45 bits per heavy atom. The molecule has 0 unspecified atom stereocenters. The average molecular weight is 459 g/mol. The number of methoxy groups -OCH3 is 1. The number of carbonyl (C=O) groups is 2. The number of amides is 1. The van der Waals surface area contributed by atoms with E-state index in [1.54, 1.807) is 24.3 Å². The van der Waals surface area contributed by atoms with E-state index < -0.39 is 24.6 Å². The second kappa shape index (κ2) is 10.1. The Labute approximate surface area is 187 Å². The van der Waals surface area contributed by atoms with E-state index in [-0.39, 0.29) is 17.7 Å². The number of alkyl halides is 3. The van der Waals surface area contributed by atoms with Gasteiger partial charge in [0.2, 0.25) is 0 Å². The molecule has 1 N–H and O–H groups in total. The molecule has 33 heavy (non-hydrogen) atoms. The summed E-state index contributed by atoms with van der Waals surface area (Å²) in [6, 6.07) is 18.0.